The lowest BCUT2D eigenvalue weighted by atomic mass is 10.00. The molecule has 1 heterocycles. The van der Waals surface area contributed by atoms with E-state index in [9.17, 15) is 9.59 Å². The Hall–Kier alpha value is -2.04. The minimum absolute atomic E-state index is 0.0455. The van der Waals surface area contributed by atoms with Gasteiger partial charge in [-0.2, -0.15) is 0 Å². The number of piperazine rings is 1. The van der Waals surface area contributed by atoms with E-state index in [4.69, 9.17) is 4.74 Å². The summed E-state index contributed by atoms with van der Waals surface area (Å²) in [6, 6.07) is 4.02. The van der Waals surface area contributed by atoms with Crippen LogP contribution >= 0.6 is 0 Å². The first-order valence-corrected chi connectivity index (χ1v) is 7.72. The topological polar surface area (TPSA) is 49.9 Å². The largest absolute Gasteiger partial charge is 0.450 e. The zero-order valence-corrected chi connectivity index (χ0v) is 13.8. The van der Waals surface area contributed by atoms with Gasteiger partial charge in [-0.3, -0.25) is 4.79 Å². The lowest BCUT2D eigenvalue weighted by Gasteiger charge is -2.34. The summed E-state index contributed by atoms with van der Waals surface area (Å²) in [6.45, 7) is 10.3. The molecule has 0 atom stereocenters. The first-order valence-electron chi connectivity index (χ1n) is 7.72. The Bertz CT molecular complexity index is 576. The normalized spacial score (nSPS) is 14.9. The van der Waals surface area contributed by atoms with Crippen LogP contribution in [0.2, 0.25) is 0 Å². The number of benzene rings is 1. The van der Waals surface area contributed by atoms with E-state index in [2.05, 4.69) is 13.0 Å². The van der Waals surface area contributed by atoms with Crippen LogP contribution < -0.4 is 0 Å². The molecule has 2 rings (SSSR count). The highest BCUT2D eigenvalue weighted by Crippen LogP contribution is 2.18. The second-order valence-electron chi connectivity index (χ2n) is 5.73. The molecule has 2 amide bonds. The number of hydrogen-bond donors (Lipinski definition) is 0. The number of nitrogens with zero attached hydrogens (tertiary/aromatic N) is 2. The number of carbonyl (C=O) groups excluding carboxylic acids is 2. The van der Waals surface area contributed by atoms with E-state index in [1.165, 1.54) is 5.56 Å². The highest BCUT2D eigenvalue weighted by atomic mass is 16.6. The summed E-state index contributed by atoms with van der Waals surface area (Å²) in [6.07, 6.45) is -0.294. The second kappa shape index (κ2) is 6.81. The van der Waals surface area contributed by atoms with Gasteiger partial charge in [0.25, 0.3) is 5.91 Å². The van der Waals surface area contributed by atoms with E-state index >= 15 is 0 Å². The van der Waals surface area contributed by atoms with Crippen LogP contribution in [-0.2, 0) is 4.74 Å². The maximum absolute atomic E-state index is 12.7. The van der Waals surface area contributed by atoms with Crippen LogP contribution in [0, 0.1) is 20.8 Å². The molecule has 1 saturated heterocycles. The molecule has 1 aliphatic heterocycles. The van der Waals surface area contributed by atoms with Crippen molar-refractivity contribution in [3.8, 4) is 0 Å². The average molecular weight is 304 g/mol. The molecule has 0 radical (unpaired) electrons. The van der Waals surface area contributed by atoms with Gasteiger partial charge in [0.1, 0.15) is 0 Å². The van der Waals surface area contributed by atoms with E-state index in [0.717, 1.165) is 16.7 Å². The third-order valence-corrected chi connectivity index (χ3v) is 4.16. The van der Waals surface area contributed by atoms with Crippen molar-refractivity contribution in [2.24, 2.45) is 0 Å². The number of amides is 2. The SMILES string of the molecule is CCOC(=O)N1CCN(C(=O)c2cc(C)c(C)cc2C)CC1. The molecule has 0 aliphatic carbocycles. The molecular formula is C17H24N2O3. The Morgan fingerprint density at radius 2 is 1.50 bits per heavy atom. The van der Waals surface area contributed by atoms with Gasteiger partial charge in [0.2, 0.25) is 0 Å². The van der Waals surface area contributed by atoms with E-state index in [1.54, 1.807) is 11.8 Å². The molecule has 0 bridgehead atoms. The van der Waals surface area contributed by atoms with Crippen molar-refractivity contribution in [2.75, 3.05) is 32.8 Å². The summed E-state index contributed by atoms with van der Waals surface area (Å²) in [7, 11) is 0. The van der Waals surface area contributed by atoms with E-state index < -0.39 is 0 Å². The zero-order valence-electron chi connectivity index (χ0n) is 13.8. The van der Waals surface area contributed by atoms with Crippen LogP contribution in [0.25, 0.3) is 0 Å². The lowest BCUT2D eigenvalue weighted by molar-refractivity contribution is 0.0570. The third kappa shape index (κ3) is 3.40. The van der Waals surface area contributed by atoms with Crippen LogP contribution in [-0.4, -0.2) is 54.6 Å². The van der Waals surface area contributed by atoms with Gasteiger partial charge in [-0.05, 0) is 50.5 Å². The van der Waals surface area contributed by atoms with Crippen LogP contribution in [0.1, 0.15) is 34.0 Å². The Morgan fingerprint density at radius 3 is 2.09 bits per heavy atom. The minimum atomic E-state index is -0.294. The van der Waals surface area contributed by atoms with Gasteiger partial charge < -0.3 is 14.5 Å². The molecule has 22 heavy (non-hydrogen) atoms. The number of ether oxygens (including phenoxy) is 1. The van der Waals surface area contributed by atoms with E-state index in [0.29, 0.717) is 32.8 Å². The molecule has 1 aliphatic rings. The van der Waals surface area contributed by atoms with Crippen molar-refractivity contribution in [1.29, 1.82) is 0 Å². The predicted octanol–water partition coefficient (Wildman–Crippen LogP) is 2.53. The fraction of sp³-hybridized carbons (Fsp3) is 0.529. The maximum Gasteiger partial charge on any atom is 0.409 e. The van der Waals surface area contributed by atoms with Crippen molar-refractivity contribution in [1.82, 2.24) is 9.80 Å². The van der Waals surface area contributed by atoms with E-state index in [1.807, 2.05) is 24.8 Å². The van der Waals surface area contributed by atoms with Crippen LogP contribution in [0.5, 0.6) is 0 Å². The fourth-order valence-electron chi connectivity index (χ4n) is 2.67. The molecule has 1 fully saturated rings. The van der Waals surface area contributed by atoms with Crippen LogP contribution in [0.3, 0.4) is 0 Å². The summed E-state index contributed by atoms with van der Waals surface area (Å²) < 4.78 is 4.99. The van der Waals surface area contributed by atoms with Gasteiger partial charge in [0, 0.05) is 31.7 Å². The highest BCUT2D eigenvalue weighted by molar-refractivity contribution is 5.96. The third-order valence-electron chi connectivity index (χ3n) is 4.16. The number of aryl methyl sites for hydroxylation is 3. The molecule has 5 heteroatoms. The van der Waals surface area contributed by atoms with Crippen molar-refractivity contribution >= 4 is 12.0 Å². The van der Waals surface area contributed by atoms with Crippen molar-refractivity contribution in [3.63, 3.8) is 0 Å². The fourth-order valence-corrected chi connectivity index (χ4v) is 2.67. The van der Waals surface area contributed by atoms with Crippen molar-refractivity contribution in [2.45, 2.75) is 27.7 Å². The molecule has 0 saturated carbocycles. The molecule has 0 unspecified atom stereocenters. The average Bonchev–Trinajstić information content (AvgIpc) is 2.50. The summed E-state index contributed by atoms with van der Waals surface area (Å²) in [5.41, 5.74) is 4.08. The standard InChI is InChI=1S/C17H24N2O3/c1-5-22-17(21)19-8-6-18(7-9-19)16(20)15-11-13(3)12(2)10-14(15)4/h10-11H,5-9H2,1-4H3. The van der Waals surface area contributed by atoms with Gasteiger partial charge in [0.05, 0.1) is 6.61 Å². The number of rotatable bonds is 2. The smallest absolute Gasteiger partial charge is 0.409 e. The minimum Gasteiger partial charge on any atom is -0.450 e. The summed E-state index contributed by atoms with van der Waals surface area (Å²) in [5, 5.41) is 0. The van der Waals surface area contributed by atoms with Crippen LogP contribution in [0.15, 0.2) is 12.1 Å². The molecule has 5 nitrogen and oxygen atoms in total. The van der Waals surface area contributed by atoms with Gasteiger partial charge in [0.15, 0.2) is 0 Å². The highest BCUT2D eigenvalue weighted by Gasteiger charge is 2.26. The molecule has 0 aromatic heterocycles. The van der Waals surface area contributed by atoms with Gasteiger partial charge in [-0.15, -0.1) is 0 Å². The zero-order chi connectivity index (χ0) is 16.3. The quantitative estimate of drug-likeness (QED) is 0.843. The first kappa shape index (κ1) is 16.3. The molecular weight excluding hydrogens is 280 g/mol. The van der Waals surface area contributed by atoms with Gasteiger partial charge >= 0.3 is 6.09 Å². The Balaban J connectivity index is 2.04. The number of carbonyl (C=O) groups is 2. The van der Waals surface area contributed by atoms with Gasteiger partial charge in [-0.25, -0.2) is 4.79 Å². The maximum atomic E-state index is 12.7. The van der Waals surface area contributed by atoms with Gasteiger partial charge in [-0.1, -0.05) is 6.07 Å². The van der Waals surface area contributed by atoms with E-state index in [-0.39, 0.29) is 12.0 Å². The van der Waals surface area contributed by atoms with Crippen LogP contribution in [0.4, 0.5) is 4.79 Å². The Kier molecular flexibility index (Phi) is 5.06. The lowest BCUT2D eigenvalue weighted by Crippen LogP contribution is -2.50. The monoisotopic (exact) mass is 304 g/mol. The molecule has 120 valence electrons. The first-order chi connectivity index (χ1) is 10.4. The molecule has 0 spiro atoms. The predicted molar refractivity (Wildman–Crippen MR) is 85.2 cm³/mol. The second-order valence-corrected chi connectivity index (χ2v) is 5.73. The Labute approximate surface area is 131 Å². The van der Waals surface area contributed by atoms with Crippen molar-refractivity contribution < 1.29 is 14.3 Å². The summed E-state index contributed by atoms with van der Waals surface area (Å²) in [4.78, 5) is 27.8. The molecule has 1 aromatic rings. The molecule has 0 N–H and O–H groups in total. The van der Waals surface area contributed by atoms with Crippen molar-refractivity contribution in [3.05, 3.63) is 34.4 Å². The summed E-state index contributed by atoms with van der Waals surface area (Å²) in [5.74, 6) is 0.0455. The summed E-state index contributed by atoms with van der Waals surface area (Å²) >= 11 is 0. The Morgan fingerprint density at radius 1 is 0.955 bits per heavy atom. The molecule has 1 aromatic carbocycles. The number of hydrogen-bond acceptors (Lipinski definition) is 3.